The van der Waals surface area contributed by atoms with Crippen LogP contribution in [0.3, 0.4) is 0 Å². The molecule has 2 heteroatoms. The second-order valence-electron chi connectivity index (χ2n) is 0.471. The summed E-state index contributed by atoms with van der Waals surface area (Å²) in [6, 6.07) is 0. The van der Waals surface area contributed by atoms with E-state index in [0.717, 1.165) is 0 Å². The van der Waals surface area contributed by atoms with Gasteiger partial charge in [-0.25, -0.2) is 0 Å². The Hall–Kier alpha value is 0.0500. The average Bonchev–Trinajstić information content (AvgIpc) is 1.37. The monoisotopic (exact) mass is 92.0 g/mol. The van der Waals surface area contributed by atoms with Crippen LogP contribution >= 0.6 is 13.5 Å². The summed E-state index contributed by atoms with van der Waals surface area (Å²) < 4.78 is 0. The molecule has 0 atom stereocenters. The minimum absolute atomic E-state index is 0. The van der Waals surface area contributed by atoms with E-state index in [-0.39, 0.29) is 20.1 Å². The van der Waals surface area contributed by atoms with E-state index in [0.29, 0.717) is 0 Å². The molecule has 0 saturated carbocycles. The van der Waals surface area contributed by atoms with Crippen LogP contribution in [0.1, 0.15) is 0 Å². The van der Waals surface area contributed by atoms with Crippen LogP contribution in [0, 0.1) is 0 Å². The molecule has 0 amide bonds. The molecule has 0 fully saturated rings. The van der Waals surface area contributed by atoms with Crippen LogP contribution in [-0.4, -0.2) is 11.7 Å². The molecule has 32 valence electrons. The van der Waals surface area contributed by atoms with Crippen LogP contribution in [0.2, 0.25) is 0 Å². The standard InChI is InChI=1S/C3H6O.H2S/c1-2-3-4;/h2,4H,1,3H2;1H2. The van der Waals surface area contributed by atoms with Crippen molar-refractivity contribution in [2.24, 2.45) is 0 Å². The normalized spacial score (nSPS) is 5.00. The van der Waals surface area contributed by atoms with Crippen molar-refractivity contribution < 1.29 is 5.11 Å². The molecule has 0 aromatic rings. The third-order valence-corrected chi connectivity index (χ3v) is 0.129. The topological polar surface area (TPSA) is 20.2 Å². The van der Waals surface area contributed by atoms with Crippen molar-refractivity contribution >= 4 is 13.5 Å². The van der Waals surface area contributed by atoms with Crippen molar-refractivity contribution in [3.8, 4) is 0 Å². The van der Waals surface area contributed by atoms with E-state index in [1.165, 1.54) is 6.08 Å². The largest absolute Gasteiger partial charge is 0.392 e. The average molecular weight is 92.2 g/mol. The molecular weight excluding hydrogens is 84.1 g/mol. The maximum absolute atomic E-state index is 7.76. The SMILES string of the molecule is C=CCO.S. The summed E-state index contributed by atoms with van der Waals surface area (Å²) in [5, 5.41) is 7.76. The Morgan fingerprint density at radius 1 is 1.80 bits per heavy atom. The summed E-state index contributed by atoms with van der Waals surface area (Å²) >= 11 is 0. The molecule has 0 radical (unpaired) electrons. The van der Waals surface area contributed by atoms with E-state index < -0.39 is 0 Å². The van der Waals surface area contributed by atoms with Crippen molar-refractivity contribution in [1.29, 1.82) is 0 Å². The third-order valence-electron chi connectivity index (χ3n) is 0.129. The van der Waals surface area contributed by atoms with Crippen LogP contribution in [-0.2, 0) is 0 Å². The fraction of sp³-hybridized carbons (Fsp3) is 0.333. The van der Waals surface area contributed by atoms with Gasteiger partial charge in [0.25, 0.3) is 0 Å². The smallest absolute Gasteiger partial charge is 0.0609 e. The zero-order valence-corrected chi connectivity index (χ0v) is 3.94. The van der Waals surface area contributed by atoms with Gasteiger partial charge in [0.1, 0.15) is 0 Å². The van der Waals surface area contributed by atoms with Gasteiger partial charge in [-0.3, -0.25) is 0 Å². The Kier molecular flexibility index (Phi) is 16.0. The Balaban J connectivity index is 0. The number of hydrogen-bond donors (Lipinski definition) is 1. The van der Waals surface area contributed by atoms with Crippen molar-refractivity contribution in [3.05, 3.63) is 12.7 Å². The maximum atomic E-state index is 7.76. The van der Waals surface area contributed by atoms with Crippen molar-refractivity contribution in [2.75, 3.05) is 6.61 Å². The Bertz CT molecular complexity index is 20.9. The lowest BCUT2D eigenvalue weighted by atomic mass is 10.7. The van der Waals surface area contributed by atoms with Gasteiger partial charge in [0.05, 0.1) is 6.61 Å². The zero-order chi connectivity index (χ0) is 3.41. The van der Waals surface area contributed by atoms with Gasteiger partial charge >= 0.3 is 0 Å². The van der Waals surface area contributed by atoms with Gasteiger partial charge in [0, 0.05) is 0 Å². The van der Waals surface area contributed by atoms with Crippen LogP contribution in [0.4, 0.5) is 0 Å². The molecule has 0 aliphatic carbocycles. The summed E-state index contributed by atoms with van der Waals surface area (Å²) in [6.45, 7) is 3.31. The number of aliphatic hydroxyl groups excluding tert-OH is 1. The molecule has 1 N–H and O–H groups in total. The van der Waals surface area contributed by atoms with E-state index in [1.54, 1.807) is 0 Å². The molecule has 0 aliphatic rings. The highest BCUT2D eigenvalue weighted by Crippen LogP contribution is 1.46. The third kappa shape index (κ3) is 15.4. The molecule has 0 unspecified atom stereocenters. The van der Waals surface area contributed by atoms with Crippen LogP contribution in [0.5, 0.6) is 0 Å². The molecule has 0 spiro atoms. The maximum Gasteiger partial charge on any atom is 0.0609 e. The lowest BCUT2D eigenvalue weighted by Gasteiger charge is -1.60. The van der Waals surface area contributed by atoms with Gasteiger partial charge in [0.2, 0.25) is 0 Å². The van der Waals surface area contributed by atoms with Gasteiger partial charge < -0.3 is 5.11 Å². The van der Waals surface area contributed by atoms with Gasteiger partial charge in [-0.2, -0.15) is 13.5 Å². The zero-order valence-electron chi connectivity index (χ0n) is 2.94. The first-order chi connectivity index (χ1) is 1.91. The molecule has 0 aromatic carbocycles. The fourth-order valence-corrected chi connectivity index (χ4v) is 0. The van der Waals surface area contributed by atoms with Gasteiger partial charge in [-0.1, -0.05) is 6.08 Å². The molecular formula is C3H8OS. The Labute approximate surface area is 38.8 Å². The number of aliphatic hydroxyl groups is 1. The number of hydrogen-bond acceptors (Lipinski definition) is 1. The van der Waals surface area contributed by atoms with Gasteiger partial charge in [0.15, 0.2) is 0 Å². The van der Waals surface area contributed by atoms with Gasteiger partial charge in [-0.05, 0) is 0 Å². The summed E-state index contributed by atoms with van der Waals surface area (Å²) in [5.41, 5.74) is 0. The first-order valence-electron chi connectivity index (χ1n) is 1.13. The first-order valence-corrected chi connectivity index (χ1v) is 1.13. The molecule has 0 bridgehead atoms. The second kappa shape index (κ2) is 8.96. The highest BCUT2D eigenvalue weighted by molar-refractivity contribution is 7.59. The molecule has 0 aliphatic heterocycles. The summed E-state index contributed by atoms with van der Waals surface area (Å²) in [4.78, 5) is 0. The highest BCUT2D eigenvalue weighted by atomic mass is 32.1. The number of rotatable bonds is 1. The summed E-state index contributed by atoms with van der Waals surface area (Å²) in [5.74, 6) is 0. The molecule has 0 saturated heterocycles. The first kappa shape index (κ1) is 8.90. The molecule has 0 heterocycles. The molecule has 5 heavy (non-hydrogen) atoms. The van der Waals surface area contributed by atoms with Crippen LogP contribution in [0.15, 0.2) is 12.7 Å². The lowest BCUT2D eigenvalue weighted by Crippen LogP contribution is -1.62. The highest BCUT2D eigenvalue weighted by Gasteiger charge is 1.45. The summed E-state index contributed by atoms with van der Waals surface area (Å²) in [6.07, 6.45) is 1.43. The van der Waals surface area contributed by atoms with Gasteiger partial charge in [-0.15, -0.1) is 6.58 Å². The Morgan fingerprint density at radius 2 is 2.00 bits per heavy atom. The van der Waals surface area contributed by atoms with Crippen LogP contribution in [0.25, 0.3) is 0 Å². The quantitative estimate of drug-likeness (QED) is 0.460. The van der Waals surface area contributed by atoms with E-state index in [4.69, 9.17) is 5.11 Å². The second-order valence-corrected chi connectivity index (χ2v) is 0.471. The predicted octanol–water partition coefficient (Wildman–Crippen LogP) is 0.277. The summed E-state index contributed by atoms with van der Waals surface area (Å²) in [7, 11) is 0. The molecule has 1 nitrogen and oxygen atoms in total. The molecule has 0 aromatic heterocycles. The van der Waals surface area contributed by atoms with Crippen LogP contribution < -0.4 is 0 Å². The lowest BCUT2D eigenvalue weighted by molar-refractivity contribution is 0.343. The van der Waals surface area contributed by atoms with Crippen molar-refractivity contribution in [2.45, 2.75) is 0 Å². The Morgan fingerprint density at radius 3 is 2.00 bits per heavy atom. The van der Waals surface area contributed by atoms with E-state index in [1.807, 2.05) is 0 Å². The van der Waals surface area contributed by atoms with Crippen molar-refractivity contribution in [3.63, 3.8) is 0 Å². The minimum Gasteiger partial charge on any atom is -0.392 e. The van der Waals surface area contributed by atoms with E-state index in [9.17, 15) is 0 Å². The molecule has 0 rings (SSSR count). The van der Waals surface area contributed by atoms with E-state index in [2.05, 4.69) is 6.58 Å². The predicted molar refractivity (Wildman–Crippen MR) is 27.7 cm³/mol. The fourth-order valence-electron chi connectivity index (χ4n) is 0. The minimum atomic E-state index is 0. The van der Waals surface area contributed by atoms with Crippen molar-refractivity contribution in [1.82, 2.24) is 0 Å². The van der Waals surface area contributed by atoms with E-state index >= 15 is 0 Å².